The molecule has 0 spiro atoms. The highest BCUT2D eigenvalue weighted by Gasteiger charge is 2.15. The third kappa shape index (κ3) is 4.89. The zero-order valence-electron chi connectivity index (χ0n) is 11.1. The molecule has 0 saturated heterocycles. The summed E-state index contributed by atoms with van der Waals surface area (Å²) in [5.74, 6) is -0.188. The predicted octanol–water partition coefficient (Wildman–Crippen LogP) is 3.08. The Morgan fingerprint density at radius 3 is 2.79 bits per heavy atom. The summed E-state index contributed by atoms with van der Waals surface area (Å²) in [6.45, 7) is 0.530. The maximum absolute atomic E-state index is 12.9. The van der Waals surface area contributed by atoms with Crippen LogP contribution in [0.25, 0.3) is 0 Å². The molecule has 0 aliphatic heterocycles. The van der Waals surface area contributed by atoms with Gasteiger partial charge in [0.15, 0.2) is 0 Å². The topological polar surface area (TPSA) is 41.1 Å². The Balaban J connectivity index is 1.66. The summed E-state index contributed by atoms with van der Waals surface area (Å²) in [6, 6.07) is 6.64. The van der Waals surface area contributed by atoms with Gasteiger partial charge in [0, 0.05) is 24.7 Å². The second-order valence-corrected chi connectivity index (χ2v) is 5.09. The van der Waals surface area contributed by atoms with Gasteiger partial charge in [-0.15, -0.1) is 0 Å². The first-order valence-corrected chi connectivity index (χ1v) is 7.03. The molecule has 1 aliphatic carbocycles. The lowest BCUT2D eigenvalue weighted by Gasteiger charge is -2.22. The molecule has 1 amide bonds. The summed E-state index contributed by atoms with van der Waals surface area (Å²) in [4.78, 5) is 11.7. The van der Waals surface area contributed by atoms with Gasteiger partial charge in [-0.25, -0.2) is 4.39 Å². The average Bonchev–Trinajstić information content (AvgIpc) is 2.40. The van der Waals surface area contributed by atoms with E-state index >= 15 is 0 Å². The van der Waals surface area contributed by atoms with Crippen molar-refractivity contribution < 1.29 is 9.18 Å². The second-order valence-electron chi connectivity index (χ2n) is 5.09. The number of halogens is 1. The van der Waals surface area contributed by atoms with Crippen molar-refractivity contribution in [3.05, 3.63) is 30.1 Å². The molecular formula is C15H21FN2O. The molecule has 0 radical (unpaired) electrons. The van der Waals surface area contributed by atoms with Gasteiger partial charge in [0.25, 0.3) is 0 Å². The van der Waals surface area contributed by atoms with Crippen LogP contribution in [-0.2, 0) is 4.79 Å². The summed E-state index contributed by atoms with van der Waals surface area (Å²) < 4.78 is 12.9. The molecule has 0 bridgehead atoms. The average molecular weight is 264 g/mol. The highest BCUT2D eigenvalue weighted by molar-refractivity contribution is 5.76. The van der Waals surface area contributed by atoms with Gasteiger partial charge in [0.05, 0.1) is 0 Å². The minimum atomic E-state index is -0.267. The Kier molecular flexibility index (Phi) is 5.19. The number of amides is 1. The highest BCUT2D eigenvalue weighted by atomic mass is 19.1. The van der Waals surface area contributed by atoms with E-state index in [2.05, 4.69) is 10.6 Å². The van der Waals surface area contributed by atoms with Gasteiger partial charge < -0.3 is 10.6 Å². The third-order valence-electron chi connectivity index (χ3n) is 3.48. The number of benzene rings is 1. The summed E-state index contributed by atoms with van der Waals surface area (Å²) in [6.07, 6.45) is 6.34. The Morgan fingerprint density at radius 2 is 2.05 bits per heavy atom. The minimum absolute atomic E-state index is 0.0794. The fourth-order valence-corrected chi connectivity index (χ4v) is 2.47. The minimum Gasteiger partial charge on any atom is -0.384 e. The van der Waals surface area contributed by atoms with Crippen molar-refractivity contribution in [2.75, 3.05) is 11.9 Å². The van der Waals surface area contributed by atoms with Gasteiger partial charge in [-0.2, -0.15) is 0 Å². The van der Waals surface area contributed by atoms with E-state index in [1.165, 1.54) is 31.4 Å². The van der Waals surface area contributed by atoms with Crippen LogP contribution >= 0.6 is 0 Å². The lowest BCUT2D eigenvalue weighted by atomic mass is 9.95. The number of hydrogen-bond donors (Lipinski definition) is 2. The first-order valence-electron chi connectivity index (χ1n) is 7.03. The highest BCUT2D eigenvalue weighted by Crippen LogP contribution is 2.17. The third-order valence-corrected chi connectivity index (χ3v) is 3.48. The van der Waals surface area contributed by atoms with Crippen LogP contribution in [0.15, 0.2) is 24.3 Å². The van der Waals surface area contributed by atoms with Crippen LogP contribution in [0.5, 0.6) is 0 Å². The van der Waals surface area contributed by atoms with Crippen molar-refractivity contribution in [3.63, 3.8) is 0 Å². The molecule has 1 fully saturated rings. The van der Waals surface area contributed by atoms with Crippen molar-refractivity contribution in [2.45, 2.75) is 44.6 Å². The van der Waals surface area contributed by atoms with Crippen LogP contribution in [0.3, 0.4) is 0 Å². The molecule has 19 heavy (non-hydrogen) atoms. The smallest absolute Gasteiger partial charge is 0.221 e. The van der Waals surface area contributed by atoms with E-state index in [4.69, 9.17) is 0 Å². The molecule has 2 rings (SSSR count). The largest absolute Gasteiger partial charge is 0.384 e. The molecule has 1 aromatic rings. The van der Waals surface area contributed by atoms with E-state index < -0.39 is 0 Å². The van der Waals surface area contributed by atoms with Crippen LogP contribution in [0.2, 0.25) is 0 Å². The zero-order chi connectivity index (χ0) is 13.5. The Morgan fingerprint density at radius 1 is 1.26 bits per heavy atom. The van der Waals surface area contributed by atoms with Crippen molar-refractivity contribution >= 4 is 11.6 Å². The molecule has 0 unspecified atom stereocenters. The predicted molar refractivity (Wildman–Crippen MR) is 74.5 cm³/mol. The standard InChI is InChI=1S/C15H21FN2O/c16-12-5-4-8-14(11-12)17-10-9-15(19)18-13-6-2-1-3-7-13/h4-5,8,11,13,17H,1-3,6-7,9-10H2,(H,18,19). The number of rotatable bonds is 5. The van der Waals surface area contributed by atoms with Crippen molar-refractivity contribution in [1.29, 1.82) is 0 Å². The Bertz CT molecular complexity index is 416. The molecule has 3 nitrogen and oxygen atoms in total. The molecule has 0 atom stereocenters. The van der Waals surface area contributed by atoms with E-state index in [0.29, 0.717) is 24.7 Å². The molecular weight excluding hydrogens is 243 g/mol. The summed E-state index contributed by atoms with van der Waals surface area (Å²) in [7, 11) is 0. The summed E-state index contributed by atoms with van der Waals surface area (Å²) >= 11 is 0. The zero-order valence-corrected chi connectivity index (χ0v) is 11.1. The lowest BCUT2D eigenvalue weighted by Crippen LogP contribution is -2.36. The van der Waals surface area contributed by atoms with Crippen molar-refractivity contribution in [2.24, 2.45) is 0 Å². The van der Waals surface area contributed by atoms with Gasteiger partial charge in [0.1, 0.15) is 5.82 Å². The summed E-state index contributed by atoms with van der Waals surface area (Å²) in [5, 5.41) is 6.12. The van der Waals surface area contributed by atoms with E-state index in [1.54, 1.807) is 12.1 Å². The Labute approximate surface area is 113 Å². The van der Waals surface area contributed by atoms with Gasteiger partial charge in [-0.05, 0) is 31.0 Å². The van der Waals surface area contributed by atoms with E-state index in [1.807, 2.05) is 0 Å². The van der Waals surface area contributed by atoms with Gasteiger partial charge in [0.2, 0.25) is 5.91 Å². The molecule has 2 N–H and O–H groups in total. The first-order chi connectivity index (χ1) is 9.24. The molecule has 104 valence electrons. The van der Waals surface area contributed by atoms with Crippen LogP contribution in [-0.4, -0.2) is 18.5 Å². The normalized spacial score (nSPS) is 16.1. The Hall–Kier alpha value is -1.58. The summed E-state index contributed by atoms with van der Waals surface area (Å²) in [5.41, 5.74) is 0.713. The maximum atomic E-state index is 12.9. The van der Waals surface area contributed by atoms with Crippen LogP contribution < -0.4 is 10.6 Å². The van der Waals surface area contributed by atoms with Crippen LogP contribution in [0.4, 0.5) is 10.1 Å². The van der Waals surface area contributed by atoms with E-state index in [0.717, 1.165) is 12.8 Å². The quantitative estimate of drug-likeness (QED) is 0.858. The molecule has 0 aromatic heterocycles. The molecule has 0 heterocycles. The second kappa shape index (κ2) is 7.12. The maximum Gasteiger partial charge on any atom is 0.221 e. The number of carbonyl (C=O) groups excluding carboxylic acids is 1. The van der Waals surface area contributed by atoms with E-state index in [9.17, 15) is 9.18 Å². The fourth-order valence-electron chi connectivity index (χ4n) is 2.47. The van der Waals surface area contributed by atoms with Gasteiger partial charge in [-0.1, -0.05) is 25.3 Å². The SMILES string of the molecule is O=C(CCNc1cccc(F)c1)NC1CCCCC1. The molecule has 1 saturated carbocycles. The molecule has 1 aliphatic rings. The van der Waals surface area contributed by atoms with Crippen molar-refractivity contribution in [3.8, 4) is 0 Å². The number of nitrogens with one attached hydrogen (secondary N) is 2. The van der Waals surface area contributed by atoms with Crippen LogP contribution in [0, 0.1) is 5.82 Å². The molecule has 4 heteroatoms. The van der Waals surface area contributed by atoms with Gasteiger partial charge >= 0.3 is 0 Å². The fraction of sp³-hybridized carbons (Fsp3) is 0.533. The van der Waals surface area contributed by atoms with Crippen molar-refractivity contribution in [1.82, 2.24) is 5.32 Å². The number of anilines is 1. The number of hydrogen-bond acceptors (Lipinski definition) is 2. The van der Waals surface area contributed by atoms with Gasteiger partial charge in [-0.3, -0.25) is 4.79 Å². The first kappa shape index (κ1) is 13.8. The number of carbonyl (C=O) groups is 1. The molecule has 1 aromatic carbocycles. The van der Waals surface area contributed by atoms with Crippen LogP contribution in [0.1, 0.15) is 38.5 Å². The lowest BCUT2D eigenvalue weighted by molar-refractivity contribution is -0.121. The van der Waals surface area contributed by atoms with E-state index in [-0.39, 0.29) is 11.7 Å². The monoisotopic (exact) mass is 264 g/mol.